The summed E-state index contributed by atoms with van der Waals surface area (Å²) in [6.45, 7) is 2.17. The minimum absolute atomic E-state index is 0. The van der Waals surface area contributed by atoms with Crippen LogP contribution in [0.4, 0.5) is 0 Å². The zero-order chi connectivity index (χ0) is 23.2. The summed E-state index contributed by atoms with van der Waals surface area (Å²) in [5, 5.41) is 28.4. The first kappa shape index (κ1) is 28.4. The van der Waals surface area contributed by atoms with E-state index >= 15 is 0 Å². The second-order valence-corrected chi connectivity index (χ2v) is 7.92. The van der Waals surface area contributed by atoms with Crippen LogP contribution in [0.5, 0.6) is 11.5 Å². The van der Waals surface area contributed by atoms with E-state index in [1.54, 1.807) is 12.4 Å². The average molecular weight is 494 g/mol. The Morgan fingerprint density at radius 2 is 1.09 bits per heavy atom. The largest absolute Gasteiger partial charge is 2.00 e. The Bertz CT molecular complexity index is 855. The molecule has 3 rings (SSSR count). The molecule has 1 aliphatic rings. The van der Waals surface area contributed by atoms with Gasteiger partial charge in [-0.3, -0.25) is 14.8 Å². The fraction of sp³-hybridized carbons (Fsp3) is 0.423. The zero-order valence-corrected chi connectivity index (χ0v) is 20.4. The van der Waals surface area contributed by atoms with E-state index in [1.165, 1.54) is 25.7 Å². The molecule has 1 aliphatic heterocycles. The number of fused-ring (bicyclic) bond motifs is 4. The number of nitrogens with zero attached hydrogens (tertiary/aromatic N) is 2. The fourth-order valence-corrected chi connectivity index (χ4v) is 3.61. The molecular weight excluding hydrogens is 459 g/mol. The molecule has 0 saturated carbocycles. The van der Waals surface area contributed by atoms with Crippen LogP contribution in [-0.2, 0) is 34.7 Å². The number of aromatic hydroxyl groups is 2. The molecule has 1 heterocycles. The number of phenols is 2. The normalized spacial score (nSPS) is 14.8. The number of benzene rings is 2. The molecular formula is C26H34MnN2O4+2. The van der Waals surface area contributed by atoms with E-state index in [0.29, 0.717) is 24.6 Å². The number of carbonyl (C=O) groups is 1. The summed E-state index contributed by atoms with van der Waals surface area (Å²) in [5.74, 6) is -0.128. The third-order valence-corrected chi connectivity index (χ3v) is 5.26. The molecule has 3 N–H and O–H groups in total. The van der Waals surface area contributed by atoms with Crippen LogP contribution in [-0.4, -0.2) is 46.8 Å². The molecule has 1 radical (unpaired) electrons. The standard InChI is InChI=1S/C24H30N2O2.C2H4O2.Mn/c27-23-19-9-5-3-1-2-4-6-10-20-12-8-14-22(24(20)28)18-26-16-15-25-17-21(23)13-7-11-19;1-2(3)4;/h7-8,11-14,17-18,27-28H,1-6,9-10,15-16H2;1H3,(H,3,4);/q;;+2. The van der Waals surface area contributed by atoms with Crippen molar-refractivity contribution in [1.82, 2.24) is 0 Å². The molecule has 7 heteroatoms. The molecule has 2 aromatic rings. The van der Waals surface area contributed by atoms with Crippen LogP contribution in [0.15, 0.2) is 46.4 Å². The minimum Gasteiger partial charge on any atom is -0.507 e. The average Bonchev–Trinajstić information content (AvgIpc) is 2.75. The van der Waals surface area contributed by atoms with Crippen molar-refractivity contribution in [2.75, 3.05) is 13.1 Å². The molecule has 0 spiro atoms. The van der Waals surface area contributed by atoms with Crippen LogP contribution in [0.3, 0.4) is 0 Å². The second-order valence-electron chi connectivity index (χ2n) is 7.92. The van der Waals surface area contributed by atoms with Gasteiger partial charge in [0.1, 0.15) is 11.5 Å². The molecule has 0 amide bonds. The van der Waals surface area contributed by atoms with E-state index in [4.69, 9.17) is 9.90 Å². The molecule has 33 heavy (non-hydrogen) atoms. The number of para-hydroxylation sites is 2. The Balaban J connectivity index is 0.00000101. The summed E-state index contributed by atoms with van der Waals surface area (Å²) in [7, 11) is 0. The van der Waals surface area contributed by atoms with Gasteiger partial charge in [0.2, 0.25) is 0 Å². The van der Waals surface area contributed by atoms with Crippen LogP contribution in [0.1, 0.15) is 67.7 Å². The molecule has 0 fully saturated rings. The predicted molar refractivity (Wildman–Crippen MR) is 130 cm³/mol. The van der Waals surface area contributed by atoms with Gasteiger partial charge >= 0.3 is 17.1 Å². The number of aryl methyl sites for hydroxylation is 2. The molecule has 6 nitrogen and oxygen atoms in total. The summed E-state index contributed by atoms with van der Waals surface area (Å²) in [4.78, 5) is 17.8. The van der Waals surface area contributed by atoms with Gasteiger partial charge < -0.3 is 15.3 Å². The first-order valence-electron chi connectivity index (χ1n) is 11.3. The first-order valence-corrected chi connectivity index (χ1v) is 11.3. The van der Waals surface area contributed by atoms with Crippen molar-refractivity contribution in [3.05, 3.63) is 58.7 Å². The maximum Gasteiger partial charge on any atom is 2.00 e. The monoisotopic (exact) mass is 493 g/mol. The zero-order valence-electron chi connectivity index (χ0n) is 19.2. The van der Waals surface area contributed by atoms with Crippen LogP contribution in [0.2, 0.25) is 0 Å². The van der Waals surface area contributed by atoms with E-state index in [0.717, 1.165) is 54.9 Å². The Hall–Kier alpha value is -2.63. The Labute approximate surface area is 207 Å². The molecule has 4 bridgehead atoms. The van der Waals surface area contributed by atoms with Crippen LogP contribution in [0, 0.1) is 0 Å². The van der Waals surface area contributed by atoms with Crippen molar-refractivity contribution in [2.45, 2.75) is 58.3 Å². The molecule has 0 saturated heterocycles. The summed E-state index contributed by atoms with van der Waals surface area (Å²) >= 11 is 0. The topological polar surface area (TPSA) is 102 Å². The van der Waals surface area contributed by atoms with Crippen molar-refractivity contribution in [3.8, 4) is 11.5 Å². The van der Waals surface area contributed by atoms with Gasteiger partial charge in [0, 0.05) is 30.5 Å². The third kappa shape index (κ3) is 10.7. The molecule has 2 aromatic carbocycles. The van der Waals surface area contributed by atoms with Gasteiger partial charge in [0.25, 0.3) is 5.97 Å². The number of hydrogen-bond donors (Lipinski definition) is 3. The van der Waals surface area contributed by atoms with Gasteiger partial charge in [-0.25, -0.2) is 0 Å². The van der Waals surface area contributed by atoms with E-state index in [1.807, 2.05) is 36.4 Å². The van der Waals surface area contributed by atoms with Crippen LogP contribution < -0.4 is 0 Å². The number of hydrogen-bond acceptors (Lipinski definition) is 5. The number of aliphatic carboxylic acids is 1. The number of phenolic OH excluding ortho intramolecular Hbond substituents is 2. The summed E-state index contributed by atoms with van der Waals surface area (Å²) in [6, 6.07) is 11.8. The second kappa shape index (κ2) is 16.1. The predicted octanol–water partition coefficient (Wildman–Crippen LogP) is 5.16. The first-order chi connectivity index (χ1) is 15.5. The smallest absolute Gasteiger partial charge is 0.507 e. The molecule has 0 atom stereocenters. The molecule has 0 aromatic heterocycles. The van der Waals surface area contributed by atoms with Gasteiger partial charge in [0.05, 0.1) is 13.1 Å². The maximum absolute atomic E-state index is 10.5. The van der Waals surface area contributed by atoms with Crippen molar-refractivity contribution < 1.29 is 37.2 Å². The SMILES string of the molecule is CC(=O)O.Oc1c2cccc1CCCCCCCCc1cccc(c1O)C=NCCN=C2.[Mn+2]. The summed E-state index contributed by atoms with van der Waals surface area (Å²) in [5.41, 5.74) is 3.54. The van der Waals surface area contributed by atoms with Crippen molar-refractivity contribution in [2.24, 2.45) is 9.98 Å². The summed E-state index contributed by atoms with van der Waals surface area (Å²) in [6.07, 6.45) is 12.2. The van der Waals surface area contributed by atoms with Gasteiger partial charge in [-0.1, -0.05) is 49.9 Å². The quantitative estimate of drug-likeness (QED) is 0.441. The van der Waals surface area contributed by atoms with Crippen molar-refractivity contribution >= 4 is 18.4 Å². The van der Waals surface area contributed by atoms with Crippen molar-refractivity contribution in [3.63, 3.8) is 0 Å². The van der Waals surface area contributed by atoms with Gasteiger partial charge in [-0.15, -0.1) is 0 Å². The number of carboxylic acid groups (broad SMARTS) is 1. The van der Waals surface area contributed by atoms with Crippen LogP contribution in [0.25, 0.3) is 0 Å². The van der Waals surface area contributed by atoms with Crippen molar-refractivity contribution in [1.29, 1.82) is 0 Å². The Morgan fingerprint density at radius 3 is 1.48 bits per heavy atom. The Morgan fingerprint density at radius 1 is 0.727 bits per heavy atom. The van der Waals surface area contributed by atoms with Crippen LogP contribution >= 0.6 is 0 Å². The van der Waals surface area contributed by atoms with Gasteiger partial charge in [0.15, 0.2) is 0 Å². The molecule has 177 valence electrons. The third-order valence-electron chi connectivity index (χ3n) is 5.26. The number of carboxylic acids is 1. The van der Waals surface area contributed by atoms with E-state index < -0.39 is 5.97 Å². The summed E-state index contributed by atoms with van der Waals surface area (Å²) < 4.78 is 0. The van der Waals surface area contributed by atoms with Gasteiger partial charge in [-0.05, 0) is 48.9 Å². The maximum atomic E-state index is 10.5. The fourth-order valence-electron chi connectivity index (χ4n) is 3.61. The van der Waals surface area contributed by atoms with Gasteiger partial charge in [-0.2, -0.15) is 0 Å². The molecule has 0 aliphatic carbocycles. The molecule has 0 unspecified atom stereocenters. The Kier molecular flexibility index (Phi) is 13.8. The number of aliphatic imine (C=N–C) groups is 2. The van der Waals surface area contributed by atoms with E-state index in [9.17, 15) is 10.2 Å². The number of rotatable bonds is 0. The van der Waals surface area contributed by atoms with E-state index in [2.05, 4.69) is 9.98 Å². The minimum atomic E-state index is -0.833. The van der Waals surface area contributed by atoms with E-state index in [-0.39, 0.29) is 17.1 Å².